The highest BCUT2D eigenvalue weighted by atomic mass is 19.1. The molecule has 3 aromatic carbocycles. The number of ether oxygens (including phenoxy) is 2. The molecule has 0 aliphatic carbocycles. The summed E-state index contributed by atoms with van der Waals surface area (Å²) >= 11 is 0. The molecule has 6 saturated heterocycles. The molecule has 2 aromatic heterocycles. The first-order valence-electron chi connectivity index (χ1n) is 26.5. The van der Waals surface area contributed by atoms with Gasteiger partial charge in [-0.15, -0.1) is 6.42 Å². The molecule has 0 spiro atoms. The van der Waals surface area contributed by atoms with Crippen LogP contribution in [0.15, 0.2) is 60.8 Å². The Labute approximate surface area is 446 Å². The smallest absolute Gasteiger partial charge is 0.409 e. The first-order valence-corrected chi connectivity index (χ1v) is 26.5. The number of likely N-dealkylation sites (tertiary alicyclic amines) is 1. The lowest BCUT2D eigenvalue weighted by molar-refractivity contribution is -0.136. The number of aromatic nitrogens is 3. The van der Waals surface area contributed by atoms with E-state index in [2.05, 4.69) is 43.2 Å². The predicted octanol–water partition coefficient (Wildman–Crippen LogP) is 5.82. The second kappa shape index (κ2) is 20.0. The zero-order valence-corrected chi connectivity index (χ0v) is 42.6. The Hall–Kier alpha value is -8.09. The Balaban J connectivity index is 0.694. The first-order chi connectivity index (χ1) is 37.6. The van der Waals surface area contributed by atoms with Crippen molar-refractivity contribution >= 4 is 68.8 Å². The fourth-order valence-electron chi connectivity index (χ4n) is 13.0. The lowest BCUT2D eigenvalue weighted by atomic mass is 9.93. The average Bonchev–Trinajstić information content (AvgIpc) is 4.29. The highest BCUT2D eigenvalue weighted by molar-refractivity contribution is 6.24. The molecule has 0 saturated carbocycles. The van der Waals surface area contributed by atoms with E-state index in [0.717, 1.165) is 29.9 Å². The van der Waals surface area contributed by atoms with E-state index in [1.165, 1.54) is 48.7 Å². The van der Waals surface area contributed by atoms with Gasteiger partial charge in [-0.1, -0.05) is 24.1 Å². The molecule has 6 amide bonds. The van der Waals surface area contributed by atoms with Gasteiger partial charge in [0.15, 0.2) is 5.82 Å². The maximum absolute atomic E-state index is 17.3. The van der Waals surface area contributed by atoms with Crippen molar-refractivity contribution in [2.75, 3.05) is 62.7 Å². The number of piperidine rings is 2. The molecule has 2 bridgehead atoms. The van der Waals surface area contributed by atoms with Crippen LogP contribution in [0.25, 0.3) is 32.9 Å². The molecular formula is C57H56F2N10O9. The predicted molar refractivity (Wildman–Crippen MR) is 280 cm³/mol. The molecule has 19 nitrogen and oxygen atoms in total. The van der Waals surface area contributed by atoms with Crippen molar-refractivity contribution in [2.24, 2.45) is 11.8 Å². The molecule has 4 N–H and O–H groups in total. The van der Waals surface area contributed by atoms with Gasteiger partial charge in [0.1, 0.15) is 47.9 Å². The van der Waals surface area contributed by atoms with Crippen LogP contribution >= 0.6 is 0 Å². The first kappa shape index (κ1) is 50.7. The Morgan fingerprint density at radius 3 is 2.60 bits per heavy atom. The third kappa shape index (κ3) is 9.19. The standard InChI is InChI=1S/C57H56F2N10O9/c1-3-38-43(58)7-4-33-20-37(70)22-41(47(33)38)49-48(59)50-42(25-61-49)51(67-17-13-32-18-35(27-67)60-24-32)65-55(64-50)78-29-57-14-10-36(68(57)26-30(2)23-57)28-77-56(76)66-15-11-31(12-16-66)19-46(72)62-34-5-6-39-40(21-34)54(75)69(53(39)74)44-8-9-45(71)63-52(44)73/h1,4-7,20-22,25,31-32,35-36,44,60,70H,2,8-19,23-24,26-29H2,(H,62,72)(H,63,71,73)/t32?,35?,36-,44?,57-/m0/s1. The number of amides is 6. The van der Waals surface area contributed by atoms with E-state index in [9.17, 15) is 33.9 Å². The lowest BCUT2D eigenvalue weighted by Gasteiger charge is -2.35. The van der Waals surface area contributed by atoms with E-state index in [4.69, 9.17) is 25.9 Å². The van der Waals surface area contributed by atoms with E-state index < -0.39 is 52.9 Å². The number of terminal acetylenes is 1. The van der Waals surface area contributed by atoms with Crippen LogP contribution in [0.5, 0.6) is 11.8 Å². The summed E-state index contributed by atoms with van der Waals surface area (Å²) in [5.74, 6) is -1.08. The van der Waals surface area contributed by atoms with Crippen LogP contribution in [-0.2, 0) is 19.1 Å². The van der Waals surface area contributed by atoms with Crippen molar-refractivity contribution in [1.82, 2.24) is 40.3 Å². The minimum atomic E-state index is -1.10. The number of fused-ring (bicyclic) bond motifs is 6. The summed E-state index contributed by atoms with van der Waals surface area (Å²) < 4.78 is 45.0. The molecule has 5 atom stereocenters. The Bertz CT molecular complexity index is 3450. The van der Waals surface area contributed by atoms with Crippen molar-refractivity contribution in [1.29, 1.82) is 0 Å². The fraction of sp³-hybridized carbons (Fsp3) is 0.421. The summed E-state index contributed by atoms with van der Waals surface area (Å²) in [6, 6.07) is 8.76. The third-order valence-electron chi connectivity index (χ3n) is 16.9. The number of benzene rings is 3. The second-order valence-corrected chi connectivity index (χ2v) is 21.8. The van der Waals surface area contributed by atoms with Crippen LogP contribution in [-0.4, -0.2) is 147 Å². The zero-order valence-electron chi connectivity index (χ0n) is 42.6. The van der Waals surface area contributed by atoms with E-state index in [0.29, 0.717) is 93.0 Å². The van der Waals surface area contributed by atoms with Gasteiger partial charge in [-0.05, 0) is 112 Å². The van der Waals surface area contributed by atoms with E-state index >= 15 is 8.78 Å². The second-order valence-electron chi connectivity index (χ2n) is 21.8. The summed E-state index contributed by atoms with van der Waals surface area (Å²) in [5.41, 5.74) is 0.754. The van der Waals surface area contributed by atoms with Gasteiger partial charge >= 0.3 is 12.1 Å². The molecule has 0 radical (unpaired) electrons. The molecule has 12 rings (SSSR count). The number of nitrogens with one attached hydrogen (secondary N) is 3. The summed E-state index contributed by atoms with van der Waals surface area (Å²) in [6.07, 6.45) is 12.1. The topological polar surface area (TPSA) is 229 Å². The molecule has 78 heavy (non-hydrogen) atoms. The van der Waals surface area contributed by atoms with Crippen LogP contribution in [0.3, 0.4) is 0 Å². The number of halogens is 2. The molecular weight excluding hydrogens is 1010 g/mol. The van der Waals surface area contributed by atoms with Crippen LogP contribution in [0.4, 0.5) is 25.1 Å². The van der Waals surface area contributed by atoms with Gasteiger partial charge in [0.25, 0.3) is 11.8 Å². The molecule has 5 aromatic rings. The molecule has 402 valence electrons. The Kier molecular flexibility index (Phi) is 13.0. The quantitative estimate of drug-likeness (QED) is 0.0695. The zero-order chi connectivity index (χ0) is 54.1. The summed E-state index contributed by atoms with van der Waals surface area (Å²) in [6.45, 7) is 8.20. The van der Waals surface area contributed by atoms with Crippen LogP contribution in [0, 0.1) is 35.8 Å². The summed E-state index contributed by atoms with van der Waals surface area (Å²) in [5, 5.41) is 20.4. The number of rotatable bonds is 11. The van der Waals surface area contributed by atoms with Crippen molar-refractivity contribution < 1.29 is 52.1 Å². The Morgan fingerprint density at radius 2 is 1.79 bits per heavy atom. The minimum Gasteiger partial charge on any atom is -0.508 e. The van der Waals surface area contributed by atoms with Gasteiger partial charge in [0.05, 0.1) is 27.6 Å². The van der Waals surface area contributed by atoms with Gasteiger partial charge in [0, 0.05) is 80.5 Å². The molecule has 6 fully saturated rings. The van der Waals surface area contributed by atoms with Crippen molar-refractivity contribution in [3.63, 3.8) is 0 Å². The number of aromatic hydroxyl groups is 1. The lowest BCUT2D eigenvalue weighted by Crippen LogP contribution is -2.54. The number of pyridine rings is 1. The SMILES string of the molecule is C#Cc1c(F)ccc2cc(O)cc(-c3ncc4c(N5CCC6CNC(C6)C5)nc(OC[C@@]56CC[C@@H](COC(=O)N7CCC(CC(=O)Nc8ccc9c(c8)C(=O)N(C8CCC(=O)NC8=O)C9=O)CC7)N5CC(=C)C6)nc4c3F)c12. The number of nitrogens with zero attached hydrogens (tertiary/aromatic N) is 7. The monoisotopic (exact) mass is 1060 g/mol. The molecule has 7 aliphatic heterocycles. The van der Waals surface area contributed by atoms with Crippen LogP contribution in [0.2, 0.25) is 0 Å². The minimum absolute atomic E-state index is 0.00460. The maximum atomic E-state index is 17.3. The third-order valence-corrected chi connectivity index (χ3v) is 16.9. The molecule has 21 heteroatoms. The average molecular weight is 1060 g/mol. The molecule has 7 aliphatic rings. The van der Waals surface area contributed by atoms with Gasteiger partial charge in [-0.2, -0.15) is 9.97 Å². The van der Waals surface area contributed by atoms with E-state index in [1.54, 1.807) is 4.90 Å². The van der Waals surface area contributed by atoms with Crippen LogP contribution in [0.1, 0.15) is 90.5 Å². The van der Waals surface area contributed by atoms with Crippen LogP contribution < -0.4 is 25.6 Å². The van der Waals surface area contributed by atoms with Gasteiger partial charge < -0.3 is 35.0 Å². The summed E-state index contributed by atoms with van der Waals surface area (Å²) in [4.78, 5) is 98.4. The van der Waals surface area contributed by atoms with Crippen molar-refractivity contribution in [2.45, 2.75) is 87.9 Å². The highest BCUT2D eigenvalue weighted by Crippen LogP contribution is 2.45. The fourth-order valence-corrected chi connectivity index (χ4v) is 13.0. The summed E-state index contributed by atoms with van der Waals surface area (Å²) in [7, 11) is 0. The largest absolute Gasteiger partial charge is 0.508 e. The molecule has 3 unspecified atom stereocenters. The van der Waals surface area contributed by atoms with Crippen molar-refractivity contribution in [3.8, 4) is 35.4 Å². The number of imide groups is 2. The highest BCUT2D eigenvalue weighted by Gasteiger charge is 2.52. The Morgan fingerprint density at radius 1 is 0.974 bits per heavy atom. The van der Waals surface area contributed by atoms with Gasteiger partial charge in [-0.25, -0.2) is 13.6 Å². The number of carbonyl (C=O) groups excluding carboxylic acids is 6. The number of hydrogen-bond donors (Lipinski definition) is 4. The number of anilines is 2. The number of phenols is 1. The number of hydrogen-bond acceptors (Lipinski definition) is 15. The van der Waals surface area contributed by atoms with E-state index in [1.807, 2.05) is 0 Å². The van der Waals surface area contributed by atoms with E-state index in [-0.39, 0.29) is 107 Å². The molecule has 9 heterocycles. The number of phenolic OH excluding ortho intramolecular Hbond substituents is 1. The maximum Gasteiger partial charge on any atom is 0.409 e. The number of carbonyl (C=O) groups is 6. The van der Waals surface area contributed by atoms with Crippen molar-refractivity contribution in [3.05, 3.63) is 89.1 Å². The van der Waals surface area contributed by atoms with Gasteiger partial charge in [0.2, 0.25) is 17.7 Å². The normalized spacial score (nSPS) is 24.4. The van der Waals surface area contributed by atoms with Gasteiger partial charge in [-0.3, -0.25) is 44.1 Å².